The summed E-state index contributed by atoms with van der Waals surface area (Å²) in [6.07, 6.45) is 5.34. The monoisotopic (exact) mass is 260 g/mol. The van der Waals surface area contributed by atoms with Crippen molar-refractivity contribution in [1.29, 1.82) is 0 Å². The summed E-state index contributed by atoms with van der Waals surface area (Å²) in [6, 6.07) is 3.89. The van der Waals surface area contributed by atoms with Crippen LogP contribution in [0.2, 0.25) is 0 Å². The maximum atomic E-state index is 5.94. The lowest BCUT2D eigenvalue weighted by Gasteiger charge is -2.20. The van der Waals surface area contributed by atoms with Crippen molar-refractivity contribution in [2.24, 2.45) is 5.73 Å². The molecule has 0 amide bonds. The summed E-state index contributed by atoms with van der Waals surface area (Å²) in [5, 5.41) is 3.21. The topological polar surface area (TPSA) is 82.9 Å². The van der Waals surface area contributed by atoms with E-state index >= 15 is 0 Å². The largest absolute Gasteiger partial charge is 0.368 e. The van der Waals surface area contributed by atoms with Crippen molar-refractivity contribution in [2.75, 3.05) is 23.8 Å². The number of anilines is 3. The molecule has 2 rings (SSSR count). The first-order chi connectivity index (χ1) is 8.96. The Hall–Kier alpha value is -2.08. The van der Waals surface area contributed by atoms with Crippen LogP contribution < -0.4 is 16.0 Å². The van der Waals surface area contributed by atoms with Crippen LogP contribution in [0.1, 0.15) is 13.8 Å². The van der Waals surface area contributed by atoms with Crippen molar-refractivity contribution >= 4 is 17.3 Å². The predicted octanol–water partition coefficient (Wildman–Crippen LogP) is 1.72. The molecule has 6 nitrogen and oxygen atoms in total. The van der Waals surface area contributed by atoms with E-state index in [1.165, 1.54) is 0 Å². The summed E-state index contributed by atoms with van der Waals surface area (Å²) < 4.78 is 0. The number of H-pyrrole nitrogens is 1. The summed E-state index contributed by atoms with van der Waals surface area (Å²) in [7, 11) is 1.96. The molecule has 0 fully saturated rings. The minimum absolute atomic E-state index is 0.280. The Morgan fingerprint density at radius 3 is 2.84 bits per heavy atom. The number of rotatable bonds is 5. The zero-order valence-corrected chi connectivity index (χ0v) is 11.5. The molecule has 0 spiro atoms. The SMILES string of the molecule is CN(c1cc[nH]c1)c1cc(NCC(C)(C)N)ncn1. The number of aromatic nitrogens is 3. The highest BCUT2D eigenvalue weighted by molar-refractivity contribution is 5.60. The van der Waals surface area contributed by atoms with E-state index in [2.05, 4.69) is 20.3 Å². The molecule has 4 N–H and O–H groups in total. The third-order valence-electron chi connectivity index (χ3n) is 2.69. The lowest BCUT2D eigenvalue weighted by atomic mass is 10.1. The van der Waals surface area contributed by atoms with Crippen LogP contribution in [0.4, 0.5) is 17.3 Å². The average Bonchev–Trinajstić information content (AvgIpc) is 2.89. The van der Waals surface area contributed by atoms with Gasteiger partial charge >= 0.3 is 0 Å². The molecule has 0 bridgehead atoms. The molecule has 19 heavy (non-hydrogen) atoms. The Kier molecular flexibility index (Phi) is 3.71. The maximum Gasteiger partial charge on any atom is 0.138 e. The summed E-state index contributed by atoms with van der Waals surface area (Å²) in [4.78, 5) is 13.5. The molecule has 0 aliphatic carbocycles. The van der Waals surface area contributed by atoms with E-state index in [1.54, 1.807) is 6.33 Å². The molecule has 0 aliphatic heterocycles. The Balaban J connectivity index is 2.11. The molecule has 0 aliphatic rings. The quantitative estimate of drug-likeness (QED) is 0.762. The van der Waals surface area contributed by atoms with Gasteiger partial charge in [0.2, 0.25) is 0 Å². The van der Waals surface area contributed by atoms with Crippen molar-refractivity contribution in [2.45, 2.75) is 19.4 Å². The van der Waals surface area contributed by atoms with Crippen LogP contribution in [-0.4, -0.2) is 34.1 Å². The van der Waals surface area contributed by atoms with E-state index in [-0.39, 0.29) is 5.54 Å². The summed E-state index contributed by atoms with van der Waals surface area (Å²) in [5.74, 6) is 1.60. The van der Waals surface area contributed by atoms with Crippen LogP contribution in [0.5, 0.6) is 0 Å². The van der Waals surface area contributed by atoms with Crippen LogP contribution in [0.15, 0.2) is 30.9 Å². The summed E-state index contributed by atoms with van der Waals surface area (Å²) in [6.45, 7) is 4.58. The zero-order chi connectivity index (χ0) is 13.9. The van der Waals surface area contributed by atoms with Gasteiger partial charge in [0, 0.05) is 37.6 Å². The van der Waals surface area contributed by atoms with Gasteiger partial charge in [0.05, 0.1) is 5.69 Å². The molecule has 102 valence electrons. The van der Waals surface area contributed by atoms with Gasteiger partial charge in [-0.1, -0.05) is 0 Å². The van der Waals surface area contributed by atoms with Gasteiger partial charge in [-0.3, -0.25) is 0 Å². The molecule has 0 unspecified atom stereocenters. The van der Waals surface area contributed by atoms with Gasteiger partial charge in [-0.25, -0.2) is 9.97 Å². The third kappa shape index (κ3) is 3.69. The molecule has 2 aromatic heterocycles. The summed E-state index contributed by atoms with van der Waals surface area (Å²) in [5.41, 5.74) is 6.70. The van der Waals surface area contributed by atoms with Crippen molar-refractivity contribution in [1.82, 2.24) is 15.0 Å². The van der Waals surface area contributed by atoms with Crippen molar-refractivity contribution in [3.63, 3.8) is 0 Å². The summed E-state index contributed by atoms with van der Waals surface area (Å²) >= 11 is 0. The Morgan fingerprint density at radius 2 is 2.21 bits per heavy atom. The second kappa shape index (κ2) is 5.27. The van der Waals surface area contributed by atoms with Crippen LogP contribution >= 0.6 is 0 Å². The fourth-order valence-electron chi connectivity index (χ4n) is 1.60. The number of hydrogen-bond acceptors (Lipinski definition) is 5. The maximum absolute atomic E-state index is 5.94. The number of nitrogens with two attached hydrogens (primary N) is 1. The minimum Gasteiger partial charge on any atom is -0.368 e. The van der Waals surface area contributed by atoms with Gasteiger partial charge in [-0.2, -0.15) is 0 Å². The van der Waals surface area contributed by atoms with Crippen LogP contribution in [0.3, 0.4) is 0 Å². The van der Waals surface area contributed by atoms with Crippen LogP contribution in [-0.2, 0) is 0 Å². The number of nitrogens with zero attached hydrogens (tertiary/aromatic N) is 3. The first-order valence-electron chi connectivity index (χ1n) is 6.17. The van der Waals surface area contributed by atoms with E-state index in [0.717, 1.165) is 17.3 Å². The van der Waals surface area contributed by atoms with E-state index in [0.29, 0.717) is 6.54 Å². The first kappa shape index (κ1) is 13.4. The second-order valence-corrected chi connectivity index (χ2v) is 5.23. The fourth-order valence-corrected chi connectivity index (χ4v) is 1.60. The molecular formula is C13H20N6. The van der Waals surface area contributed by atoms with Gasteiger partial charge in [0.15, 0.2) is 0 Å². The standard InChI is InChI=1S/C13H20N6/c1-13(2,14)8-16-11-6-12(18-9-17-11)19(3)10-4-5-15-7-10/h4-7,9,15H,8,14H2,1-3H3,(H,16,17,18). The van der Waals surface area contributed by atoms with E-state index < -0.39 is 0 Å². The highest BCUT2D eigenvalue weighted by Crippen LogP contribution is 2.21. The Morgan fingerprint density at radius 1 is 1.42 bits per heavy atom. The van der Waals surface area contributed by atoms with Gasteiger partial charge in [0.25, 0.3) is 0 Å². The van der Waals surface area contributed by atoms with Gasteiger partial charge in [-0.15, -0.1) is 0 Å². The number of aromatic amines is 1. The van der Waals surface area contributed by atoms with E-state index in [1.807, 2.05) is 50.3 Å². The molecule has 0 radical (unpaired) electrons. The minimum atomic E-state index is -0.280. The lowest BCUT2D eigenvalue weighted by molar-refractivity contribution is 0.548. The third-order valence-corrected chi connectivity index (χ3v) is 2.69. The van der Waals surface area contributed by atoms with E-state index in [4.69, 9.17) is 5.73 Å². The second-order valence-electron chi connectivity index (χ2n) is 5.23. The van der Waals surface area contributed by atoms with Crippen LogP contribution in [0.25, 0.3) is 0 Å². The highest BCUT2D eigenvalue weighted by atomic mass is 15.2. The zero-order valence-electron chi connectivity index (χ0n) is 11.5. The molecular weight excluding hydrogens is 240 g/mol. The predicted molar refractivity (Wildman–Crippen MR) is 77.6 cm³/mol. The molecule has 0 saturated carbocycles. The van der Waals surface area contributed by atoms with Crippen molar-refractivity contribution in [3.05, 3.63) is 30.9 Å². The van der Waals surface area contributed by atoms with Gasteiger partial charge in [-0.05, 0) is 19.9 Å². The van der Waals surface area contributed by atoms with Crippen molar-refractivity contribution in [3.8, 4) is 0 Å². The van der Waals surface area contributed by atoms with Gasteiger partial charge < -0.3 is 20.9 Å². The Labute approximate surface area is 113 Å². The molecule has 0 saturated heterocycles. The molecule has 0 atom stereocenters. The number of hydrogen-bond donors (Lipinski definition) is 3. The first-order valence-corrected chi connectivity index (χ1v) is 6.17. The number of nitrogens with one attached hydrogen (secondary N) is 2. The fraction of sp³-hybridized carbons (Fsp3) is 0.385. The highest BCUT2D eigenvalue weighted by Gasteiger charge is 2.11. The van der Waals surface area contributed by atoms with Crippen molar-refractivity contribution < 1.29 is 0 Å². The average molecular weight is 260 g/mol. The molecule has 2 heterocycles. The molecule has 2 aromatic rings. The molecule has 0 aromatic carbocycles. The lowest BCUT2D eigenvalue weighted by Crippen LogP contribution is -2.39. The van der Waals surface area contributed by atoms with Crippen LogP contribution in [0, 0.1) is 0 Å². The normalized spacial score (nSPS) is 11.4. The smallest absolute Gasteiger partial charge is 0.138 e. The molecule has 6 heteroatoms. The Bertz CT molecular complexity index is 514. The van der Waals surface area contributed by atoms with Gasteiger partial charge in [0.1, 0.15) is 18.0 Å². The van der Waals surface area contributed by atoms with E-state index in [9.17, 15) is 0 Å².